The Morgan fingerprint density at radius 2 is 1.94 bits per heavy atom. The fourth-order valence-corrected chi connectivity index (χ4v) is 1.35. The molecule has 0 saturated heterocycles. The summed E-state index contributed by atoms with van der Waals surface area (Å²) >= 11 is 0. The Hall–Kier alpha value is -1.49. The number of anilines is 1. The van der Waals surface area contributed by atoms with Gasteiger partial charge in [-0.3, -0.25) is 0 Å². The molecule has 2 heteroatoms. The van der Waals surface area contributed by atoms with Gasteiger partial charge in [-0.1, -0.05) is 20.8 Å². The zero-order valence-electron chi connectivity index (χ0n) is 10.8. The maximum atomic E-state index is 8.85. The second-order valence-electron chi connectivity index (χ2n) is 5.37. The van der Waals surface area contributed by atoms with E-state index in [0.717, 1.165) is 16.8 Å². The average molecular weight is 216 g/mol. The van der Waals surface area contributed by atoms with Crippen molar-refractivity contribution in [1.29, 1.82) is 5.26 Å². The number of nitrogens with zero attached hydrogens (tertiary/aromatic N) is 1. The first-order valence-corrected chi connectivity index (χ1v) is 5.62. The van der Waals surface area contributed by atoms with E-state index in [-0.39, 0.29) is 5.41 Å². The van der Waals surface area contributed by atoms with E-state index >= 15 is 0 Å². The number of aryl methyl sites for hydroxylation is 1. The van der Waals surface area contributed by atoms with E-state index < -0.39 is 0 Å². The SMILES string of the molecule is Cc1cc(NC(C)C(C)(C)C)ccc1C#N. The van der Waals surface area contributed by atoms with Crippen molar-refractivity contribution in [2.45, 2.75) is 40.7 Å². The van der Waals surface area contributed by atoms with Crippen LogP contribution in [-0.4, -0.2) is 6.04 Å². The molecule has 0 radical (unpaired) electrons. The van der Waals surface area contributed by atoms with Gasteiger partial charge < -0.3 is 5.32 Å². The lowest BCUT2D eigenvalue weighted by Gasteiger charge is -2.29. The van der Waals surface area contributed by atoms with Crippen LogP contribution in [0.3, 0.4) is 0 Å². The summed E-state index contributed by atoms with van der Waals surface area (Å²) in [6, 6.07) is 8.43. The second kappa shape index (κ2) is 4.57. The summed E-state index contributed by atoms with van der Waals surface area (Å²) in [4.78, 5) is 0. The Kier molecular flexibility index (Phi) is 3.59. The van der Waals surface area contributed by atoms with Gasteiger partial charge in [0.1, 0.15) is 0 Å². The molecule has 0 heterocycles. The van der Waals surface area contributed by atoms with Crippen molar-refractivity contribution < 1.29 is 0 Å². The third kappa shape index (κ3) is 3.00. The van der Waals surface area contributed by atoms with Gasteiger partial charge in [0.15, 0.2) is 0 Å². The average Bonchev–Trinajstić information content (AvgIpc) is 2.16. The summed E-state index contributed by atoms with van der Waals surface area (Å²) in [5, 5.41) is 12.3. The minimum absolute atomic E-state index is 0.224. The minimum Gasteiger partial charge on any atom is -0.382 e. The van der Waals surface area contributed by atoms with E-state index in [1.54, 1.807) is 0 Å². The van der Waals surface area contributed by atoms with Gasteiger partial charge in [-0.25, -0.2) is 0 Å². The molecule has 2 nitrogen and oxygen atoms in total. The van der Waals surface area contributed by atoms with Crippen molar-refractivity contribution in [3.05, 3.63) is 29.3 Å². The Balaban J connectivity index is 2.85. The first-order valence-electron chi connectivity index (χ1n) is 5.62. The highest BCUT2D eigenvalue weighted by Crippen LogP contribution is 2.23. The zero-order valence-corrected chi connectivity index (χ0v) is 10.8. The molecule has 86 valence electrons. The zero-order chi connectivity index (χ0) is 12.3. The van der Waals surface area contributed by atoms with Crippen molar-refractivity contribution in [3.63, 3.8) is 0 Å². The number of rotatable bonds is 2. The van der Waals surface area contributed by atoms with Crippen LogP contribution in [-0.2, 0) is 0 Å². The Morgan fingerprint density at radius 3 is 2.38 bits per heavy atom. The number of hydrogen-bond acceptors (Lipinski definition) is 2. The molecule has 0 aliphatic carbocycles. The van der Waals surface area contributed by atoms with E-state index in [1.807, 2.05) is 25.1 Å². The monoisotopic (exact) mass is 216 g/mol. The molecule has 0 saturated carbocycles. The molecule has 1 N–H and O–H groups in total. The van der Waals surface area contributed by atoms with Crippen molar-refractivity contribution >= 4 is 5.69 Å². The highest BCUT2D eigenvalue weighted by atomic mass is 14.9. The standard InChI is InChI=1S/C14H20N2/c1-10-8-13(7-6-12(10)9-15)16-11(2)14(3,4)5/h6-8,11,16H,1-5H3. The van der Waals surface area contributed by atoms with Crippen molar-refractivity contribution in [2.75, 3.05) is 5.32 Å². The summed E-state index contributed by atoms with van der Waals surface area (Å²) in [5.41, 5.74) is 3.07. The molecule has 16 heavy (non-hydrogen) atoms. The third-order valence-electron chi connectivity index (χ3n) is 3.03. The third-order valence-corrected chi connectivity index (χ3v) is 3.03. The van der Waals surface area contributed by atoms with E-state index in [4.69, 9.17) is 5.26 Å². The van der Waals surface area contributed by atoms with Crippen LogP contribution in [0.1, 0.15) is 38.8 Å². The highest BCUT2D eigenvalue weighted by Gasteiger charge is 2.19. The van der Waals surface area contributed by atoms with Crippen molar-refractivity contribution in [3.8, 4) is 6.07 Å². The normalized spacial score (nSPS) is 13.0. The molecular weight excluding hydrogens is 196 g/mol. The minimum atomic E-state index is 0.224. The van der Waals surface area contributed by atoms with Crippen LogP contribution in [0, 0.1) is 23.7 Å². The molecule has 1 rings (SSSR count). The van der Waals surface area contributed by atoms with Crippen LogP contribution in [0.25, 0.3) is 0 Å². The Labute approximate surface area is 98.3 Å². The first-order chi connectivity index (χ1) is 7.34. The van der Waals surface area contributed by atoms with Crippen LogP contribution in [0.15, 0.2) is 18.2 Å². The molecule has 0 bridgehead atoms. The Morgan fingerprint density at radius 1 is 1.31 bits per heavy atom. The van der Waals surface area contributed by atoms with Gasteiger partial charge in [-0.2, -0.15) is 5.26 Å². The lowest BCUT2D eigenvalue weighted by molar-refractivity contribution is 0.359. The van der Waals surface area contributed by atoms with Crippen molar-refractivity contribution in [1.82, 2.24) is 0 Å². The van der Waals surface area contributed by atoms with Gasteiger partial charge in [-0.05, 0) is 43.0 Å². The molecule has 1 aromatic rings. The van der Waals surface area contributed by atoms with Crippen LogP contribution in [0.5, 0.6) is 0 Å². The maximum Gasteiger partial charge on any atom is 0.0994 e. The first kappa shape index (κ1) is 12.6. The topological polar surface area (TPSA) is 35.8 Å². The largest absolute Gasteiger partial charge is 0.382 e. The molecule has 0 fully saturated rings. The lowest BCUT2D eigenvalue weighted by atomic mass is 9.88. The molecule has 1 atom stereocenters. The summed E-state index contributed by atoms with van der Waals surface area (Å²) in [6.07, 6.45) is 0. The lowest BCUT2D eigenvalue weighted by Crippen LogP contribution is -2.30. The Bertz CT molecular complexity index is 408. The predicted octanol–water partition coefficient (Wildman–Crippen LogP) is 3.71. The molecule has 0 aromatic heterocycles. The van der Waals surface area contributed by atoms with Gasteiger partial charge in [0.25, 0.3) is 0 Å². The van der Waals surface area contributed by atoms with Gasteiger partial charge in [0.05, 0.1) is 11.6 Å². The van der Waals surface area contributed by atoms with Gasteiger partial charge in [0.2, 0.25) is 0 Å². The maximum absolute atomic E-state index is 8.85. The van der Waals surface area contributed by atoms with Crippen LogP contribution < -0.4 is 5.32 Å². The second-order valence-corrected chi connectivity index (χ2v) is 5.37. The summed E-state index contributed by atoms with van der Waals surface area (Å²) < 4.78 is 0. The molecule has 0 aliphatic rings. The van der Waals surface area contributed by atoms with Crippen LogP contribution >= 0.6 is 0 Å². The molecule has 0 amide bonds. The van der Waals surface area contributed by atoms with E-state index in [9.17, 15) is 0 Å². The smallest absolute Gasteiger partial charge is 0.0994 e. The fraction of sp³-hybridized carbons (Fsp3) is 0.500. The molecule has 0 aliphatic heterocycles. The molecule has 0 spiro atoms. The summed E-state index contributed by atoms with van der Waals surface area (Å²) in [5.74, 6) is 0. The number of nitrogens with one attached hydrogen (secondary N) is 1. The number of nitriles is 1. The number of hydrogen-bond donors (Lipinski definition) is 1. The molecular formula is C14H20N2. The van der Waals surface area contributed by atoms with Gasteiger partial charge in [-0.15, -0.1) is 0 Å². The van der Waals surface area contributed by atoms with Gasteiger partial charge >= 0.3 is 0 Å². The fourth-order valence-electron chi connectivity index (χ4n) is 1.35. The van der Waals surface area contributed by atoms with Crippen LogP contribution in [0.4, 0.5) is 5.69 Å². The van der Waals surface area contributed by atoms with E-state index in [1.165, 1.54) is 0 Å². The predicted molar refractivity (Wildman–Crippen MR) is 68.4 cm³/mol. The quantitative estimate of drug-likeness (QED) is 0.818. The van der Waals surface area contributed by atoms with Crippen molar-refractivity contribution in [2.24, 2.45) is 5.41 Å². The summed E-state index contributed by atoms with van der Waals surface area (Å²) in [7, 11) is 0. The van der Waals surface area contributed by atoms with Crippen LogP contribution in [0.2, 0.25) is 0 Å². The molecule has 1 aromatic carbocycles. The highest BCUT2D eigenvalue weighted by molar-refractivity contribution is 5.52. The number of benzene rings is 1. The molecule has 1 unspecified atom stereocenters. The van der Waals surface area contributed by atoms with E-state index in [0.29, 0.717) is 6.04 Å². The van der Waals surface area contributed by atoms with E-state index in [2.05, 4.69) is 39.1 Å². The summed E-state index contributed by atoms with van der Waals surface area (Å²) in [6.45, 7) is 10.8. The van der Waals surface area contributed by atoms with Gasteiger partial charge in [0, 0.05) is 11.7 Å².